The second kappa shape index (κ2) is 7.08. The summed E-state index contributed by atoms with van der Waals surface area (Å²) in [6, 6.07) is 3.61. The number of nitrogens with zero attached hydrogens (tertiary/aromatic N) is 4. The molecule has 3 heterocycles. The molecule has 6 nitrogen and oxygen atoms in total. The molecule has 1 fully saturated rings. The van der Waals surface area contributed by atoms with E-state index in [1.807, 2.05) is 6.07 Å². The van der Waals surface area contributed by atoms with Gasteiger partial charge in [0.2, 0.25) is 0 Å². The highest BCUT2D eigenvalue weighted by molar-refractivity contribution is 5.59. The molecule has 0 atom stereocenters. The number of hydrogen-bond acceptors (Lipinski definition) is 6. The zero-order chi connectivity index (χ0) is 17.9. The lowest BCUT2D eigenvalue weighted by atomic mass is 10.1. The molecular formula is C19H23N5O. The predicted octanol–water partition coefficient (Wildman–Crippen LogP) is 2.03. The van der Waals surface area contributed by atoms with Gasteiger partial charge in [0.05, 0.1) is 23.5 Å². The summed E-state index contributed by atoms with van der Waals surface area (Å²) in [5, 5.41) is 0. The van der Waals surface area contributed by atoms with Crippen molar-refractivity contribution in [1.29, 1.82) is 0 Å². The zero-order valence-electron chi connectivity index (χ0n) is 14.9. The van der Waals surface area contributed by atoms with Crippen LogP contribution in [0.25, 0.3) is 0 Å². The minimum Gasteiger partial charge on any atom is -0.384 e. The van der Waals surface area contributed by atoms with E-state index < -0.39 is 0 Å². The third-order valence-electron chi connectivity index (χ3n) is 4.08. The second-order valence-electron chi connectivity index (χ2n) is 6.62. The van der Waals surface area contributed by atoms with Crippen LogP contribution in [0.15, 0.2) is 24.7 Å². The number of nitrogens with two attached hydrogens (primary N) is 1. The van der Waals surface area contributed by atoms with Gasteiger partial charge in [-0.05, 0) is 32.4 Å². The number of pyridine rings is 1. The normalized spacial score (nSPS) is 16.2. The van der Waals surface area contributed by atoms with Crippen LogP contribution in [-0.4, -0.2) is 40.2 Å². The van der Waals surface area contributed by atoms with Gasteiger partial charge in [-0.1, -0.05) is 18.8 Å². The van der Waals surface area contributed by atoms with E-state index in [1.54, 1.807) is 18.6 Å². The summed E-state index contributed by atoms with van der Waals surface area (Å²) in [4.78, 5) is 15.2. The third-order valence-corrected chi connectivity index (χ3v) is 4.08. The van der Waals surface area contributed by atoms with Crippen molar-refractivity contribution < 1.29 is 4.74 Å². The van der Waals surface area contributed by atoms with E-state index >= 15 is 0 Å². The third kappa shape index (κ3) is 4.06. The van der Waals surface area contributed by atoms with Crippen molar-refractivity contribution in [3.63, 3.8) is 0 Å². The molecule has 0 unspecified atom stereocenters. The van der Waals surface area contributed by atoms with Crippen molar-refractivity contribution in [1.82, 2.24) is 15.0 Å². The quantitative estimate of drug-likeness (QED) is 0.845. The number of ether oxygens (including phenoxy) is 1. The van der Waals surface area contributed by atoms with Gasteiger partial charge >= 0.3 is 0 Å². The van der Waals surface area contributed by atoms with Gasteiger partial charge in [0.25, 0.3) is 0 Å². The van der Waals surface area contributed by atoms with Gasteiger partial charge in [0.1, 0.15) is 18.0 Å². The Morgan fingerprint density at radius 2 is 2.08 bits per heavy atom. The Bertz CT molecular complexity index is 805. The van der Waals surface area contributed by atoms with Crippen LogP contribution in [0.5, 0.6) is 0 Å². The molecule has 6 heteroatoms. The maximum Gasteiger partial charge on any atom is 0.148 e. The van der Waals surface area contributed by atoms with E-state index in [-0.39, 0.29) is 5.60 Å². The Labute approximate surface area is 148 Å². The van der Waals surface area contributed by atoms with Crippen LogP contribution >= 0.6 is 0 Å². The number of hydrogen-bond donors (Lipinski definition) is 1. The fourth-order valence-electron chi connectivity index (χ4n) is 2.86. The predicted molar refractivity (Wildman–Crippen MR) is 98.3 cm³/mol. The molecule has 2 aromatic rings. The van der Waals surface area contributed by atoms with E-state index in [4.69, 9.17) is 10.5 Å². The van der Waals surface area contributed by atoms with Crippen LogP contribution in [-0.2, 0) is 11.2 Å². The van der Waals surface area contributed by atoms with Crippen molar-refractivity contribution >= 4 is 11.6 Å². The summed E-state index contributed by atoms with van der Waals surface area (Å²) in [7, 11) is 0. The SMILES string of the molecule is CCc1ncnc(N2CCOC(C)(C)C2)c1C#Cc1ccc(N)nc1. The smallest absolute Gasteiger partial charge is 0.148 e. The molecule has 0 aromatic carbocycles. The van der Waals surface area contributed by atoms with E-state index in [9.17, 15) is 0 Å². The Morgan fingerprint density at radius 1 is 1.24 bits per heavy atom. The Morgan fingerprint density at radius 3 is 2.76 bits per heavy atom. The number of aryl methyl sites for hydroxylation is 1. The van der Waals surface area contributed by atoms with Crippen molar-refractivity contribution in [2.45, 2.75) is 32.8 Å². The summed E-state index contributed by atoms with van der Waals surface area (Å²) in [5.41, 5.74) is 8.06. The Hall–Kier alpha value is -2.65. The largest absolute Gasteiger partial charge is 0.384 e. The van der Waals surface area contributed by atoms with Crippen molar-refractivity contribution in [3.8, 4) is 11.8 Å². The van der Waals surface area contributed by atoms with Gasteiger partial charge in [-0.2, -0.15) is 0 Å². The average Bonchev–Trinajstić information content (AvgIpc) is 2.60. The summed E-state index contributed by atoms with van der Waals surface area (Å²) >= 11 is 0. The van der Waals surface area contributed by atoms with E-state index in [0.29, 0.717) is 12.4 Å². The molecule has 0 spiro atoms. The average molecular weight is 337 g/mol. The van der Waals surface area contributed by atoms with Crippen LogP contribution in [0.2, 0.25) is 0 Å². The van der Waals surface area contributed by atoms with Gasteiger partial charge in [0, 0.05) is 24.8 Å². The molecule has 1 aliphatic heterocycles. The van der Waals surface area contributed by atoms with E-state index in [1.165, 1.54) is 0 Å². The monoisotopic (exact) mass is 337 g/mol. The van der Waals surface area contributed by atoms with Crippen LogP contribution in [0, 0.1) is 11.8 Å². The molecule has 2 aromatic heterocycles. The number of aromatic nitrogens is 3. The number of anilines is 2. The van der Waals surface area contributed by atoms with E-state index in [2.05, 4.69) is 52.5 Å². The number of rotatable bonds is 2. The maximum absolute atomic E-state index is 5.81. The molecule has 1 aliphatic rings. The standard InChI is InChI=1S/C19H23N5O/c1-4-16-15(7-5-14-6-8-17(20)21-11-14)18(23-13-22-16)24-9-10-25-19(2,3)12-24/h6,8,11,13H,4,9-10,12H2,1-3H3,(H2,20,21). The van der Waals surface area contributed by atoms with Crippen LogP contribution in [0.3, 0.4) is 0 Å². The topological polar surface area (TPSA) is 77.2 Å². The second-order valence-corrected chi connectivity index (χ2v) is 6.62. The molecule has 0 radical (unpaired) electrons. The maximum atomic E-state index is 5.81. The first-order valence-electron chi connectivity index (χ1n) is 8.45. The molecule has 0 amide bonds. The minimum atomic E-state index is -0.207. The lowest BCUT2D eigenvalue weighted by Crippen LogP contribution is -2.49. The summed E-state index contributed by atoms with van der Waals surface area (Å²) in [6.07, 6.45) is 4.09. The van der Waals surface area contributed by atoms with Crippen LogP contribution in [0.1, 0.15) is 37.6 Å². The van der Waals surface area contributed by atoms with Crippen LogP contribution in [0.4, 0.5) is 11.6 Å². The molecule has 0 saturated carbocycles. The van der Waals surface area contributed by atoms with Gasteiger partial charge < -0.3 is 15.4 Å². The van der Waals surface area contributed by atoms with Crippen molar-refractivity contribution in [3.05, 3.63) is 41.5 Å². The van der Waals surface area contributed by atoms with E-state index in [0.717, 1.165) is 42.1 Å². The summed E-state index contributed by atoms with van der Waals surface area (Å²) in [5.74, 6) is 7.77. The summed E-state index contributed by atoms with van der Waals surface area (Å²) < 4.78 is 5.81. The number of nitrogen functional groups attached to an aromatic ring is 1. The first-order valence-corrected chi connectivity index (χ1v) is 8.45. The molecule has 3 rings (SSSR count). The number of morpholine rings is 1. The minimum absolute atomic E-state index is 0.207. The fourth-order valence-corrected chi connectivity index (χ4v) is 2.86. The highest BCUT2D eigenvalue weighted by Crippen LogP contribution is 2.25. The van der Waals surface area contributed by atoms with Gasteiger partial charge in [-0.3, -0.25) is 0 Å². The van der Waals surface area contributed by atoms with Gasteiger partial charge in [-0.25, -0.2) is 15.0 Å². The lowest BCUT2D eigenvalue weighted by Gasteiger charge is -2.39. The molecule has 2 N–H and O–H groups in total. The molecule has 0 bridgehead atoms. The molecule has 0 aliphatic carbocycles. The summed E-state index contributed by atoms with van der Waals surface area (Å²) in [6.45, 7) is 8.49. The Kier molecular flexibility index (Phi) is 4.86. The molecular weight excluding hydrogens is 314 g/mol. The highest BCUT2D eigenvalue weighted by Gasteiger charge is 2.29. The fraction of sp³-hybridized carbons (Fsp3) is 0.421. The van der Waals surface area contributed by atoms with Gasteiger partial charge in [-0.15, -0.1) is 0 Å². The molecule has 1 saturated heterocycles. The molecule has 25 heavy (non-hydrogen) atoms. The van der Waals surface area contributed by atoms with Crippen molar-refractivity contribution in [2.75, 3.05) is 30.3 Å². The first-order chi connectivity index (χ1) is 12.0. The highest BCUT2D eigenvalue weighted by atomic mass is 16.5. The zero-order valence-corrected chi connectivity index (χ0v) is 14.9. The van der Waals surface area contributed by atoms with Crippen LogP contribution < -0.4 is 10.6 Å². The van der Waals surface area contributed by atoms with Crippen molar-refractivity contribution in [2.24, 2.45) is 0 Å². The Balaban J connectivity index is 1.99. The lowest BCUT2D eigenvalue weighted by molar-refractivity contribution is -0.0279. The molecule has 130 valence electrons. The first kappa shape index (κ1) is 17.2. The van der Waals surface area contributed by atoms with Gasteiger partial charge in [0.15, 0.2) is 0 Å².